The van der Waals surface area contributed by atoms with Gasteiger partial charge in [0.25, 0.3) is 0 Å². The molecule has 4 heteroatoms. The molecule has 0 aromatic rings. The zero-order valence-corrected chi connectivity index (χ0v) is 9.61. The first-order valence-corrected chi connectivity index (χ1v) is 6.10. The number of hydrogen-bond donors (Lipinski definition) is 2. The molecule has 2 fully saturated rings. The van der Waals surface area contributed by atoms with Gasteiger partial charge in [-0.3, -0.25) is 9.59 Å². The van der Waals surface area contributed by atoms with E-state index in [0.29, 0.717) is 11.8 Å². The predicted molar refractivity (Wildman–Crippen MR) is 58.8 cm³/mol. The van der Waals surface area contributed by atoms with Gasteiger partial charge in [-0.25, -0.2) is 0 Å². The van der Waals surface area contributed by atoms with E-state index in [1.165, 1.54) is 25.7 Å². The van der Waals surface area contributed by atoms with Crippen molar-refractivity contribution in [1.29, 1.82) is 0 Å². The Kier molecular flexibility index (Phi) is 3.17. The van der Waals surface area contributed by atoms with E-state index in [0.717, 1.165) is 0 Å². The highest BCUT2D eigenvalue weighted by atomic mass is 16.4. The van der Waals surface area contributed by atoms with E-state index in [4.69, 9.17) is 5.11 Å². The number of carboxylic acids is 1. The van der Waals surface area contributed by atoms with E-state index in [2.05, 4.69) is 5.32 Å². The zero-order chi connectivity index (χ0) is 11.7. The second kappa shape index (κ2) is 4.44. The summed E-state index contributed by atoms with van der Waals surface area (Å²) in [7, 11) is 0. The Bertz CT molecular complexity index is 283. The molecule has 2 aliphatic rings. The SMILES string of the molecule is CC(CC(=O)O)NC(=O)C(C1CC1)C1CC1. The molecule has 0 bridgehead atoms. The van der Waals surface area contributed by atoms with E-state index in [1.807, 2.05) is 0 Å². The molecule has 1 amide bonds. The Morgan fingerprint density at radius 3 is 2.12 bits per heavy atom. The summed E-state index contributed by atoms with van der Waals surface area (Å²) in [6.45, 7) is 1.75. The lowest BCUT2D eigenvalue weighted by Gasteiger charge is -2.18. The van der Waals surface area contributed by atoms with E-state index in [1.54, 1.807) is 6.92 Å². The zero-order valence-electron chi connectivity index (χ0n) is 9.61. The van der Waals surface area contributed by atoms with Gasteiger partial charge in [0.2, 0.25) is 5.91 Å². The van der Waals surface area contributed by atoms with Gasteiger partial charge in [0.05, 0.1) is 6.42 Å². The fourth-order valence-electron chi connectivity index (χ4n) is 2.38. The van der Waals surface area contributed by atoms with Crippen molar-refractivity contribution in [3.8, 4) is 0 Å². The van der Waals surface area contributed by atoms with Gasteiger partial charge in [-0.15, -0.1) is 0 Å². The van der Waals surface area contributed by atoms with Crippen molar-refractivity contribution in [3.63, 3.8) is 0 Å². The molecule has 0 aliphatic heterocycles. The van der Waals surface area contributed by atoms with E-state index < -0.39 is 5.97 Å². The van der Waals surface area contributed by atoms with Crippen LogP contribution in [0.5, 0.6) is 0 Å². The van der Waals surface area contributed by atoms with Crippen LogP contribution in [0.2, 0.25) is 0 Å². The summed E-state index contributed by atoms with van der Waals surface area (Å²) in [5.74, 6) is 0.534. The number of amides is 1. The molecule has 0 radical (unpaired) electrons. The van der Waals surface area contributed by atoms with Crippen molar-refractivity contribution in [2.45, 2.75) is 45.1 Å². The predicted octanol–water partition coefficient (Wildman–Crippen LogP) is 1.40. The number of aliphatic carboxylic acids is 1. The molecule has 0 aromatic carbocycles. The van der Waals surface area contributed by atoms with Crippen molar-refractivity contribution in [1.82, 2.24) is 5.32 Å². The fraction of sp³-hybridized carbons (Fsp3) is 0.833. The lowest BCUT2D eigenvalue weighted by atomic mass is 9.96. The molecule has 1 unspecified atom stereocenters. The second-order valence-corrected chi connectivity index (χ2v) is 5.21. The quantitative estimate of drug-likeness (QED) is 0.718. The number of carboxylic acid groups (broad SMARTS) is 1. The van der Waals surface area contributed by atoms with Crippen LogP contribution in [0.1, 0.15) is 39.0 Å². The smallest absolute Gasteiger partial charge is 0.305 e. The van der Waals surface area contributed by atoms with Crippen molar-refractivity contribution >= 4 is 11.9 Å². The minimum atomic E-state index is -0.859. The van der Waals surface area contributed by atoms with Crippen LogP contribution in [0.25, 0.3) is 0 Å². The maximum atomic E-state index is 12.0. The third-order valence-electron chi connectivity index (χ3n) is 3.43. The van der Waals surface area contributed by atoms with Gasteiger partial charge >= 0.3 is 5.97 Å². The van der Waals surface area contributed by atoms with E-state index >= 15 is 0 Å². The van der Waals surface area contributed by atoms with E-state index in [9.17, 15) is 9.59 Å². The summed E-state index contributed by atoms with van der Waals surface area (Å²) >= 11 is 0. The van der Waals surface area contributed by atoms with Crippen LogP contribution < -0.4 is 5.32 Å². The summed E-state index contributed by atoms with van der Waals surface area (Å²) in [4.78, 5) is 22.5. The van der Waals surface area contributed by atoms with Gasteiger partial charge in [0, 0.05) is 12.0 Å². The van der Waals surface area contributed by atoms with Gasteiger partial charge in [0.1, 0.15) is 0 Å². The normalized spacial score (nSPS) is 21.9. The summed E-state index contributed by atoms with van der Waals surface area (Å²) in [6, 6.07) is -0.259. The molecule has 0 spiro atoms. The topological polar surface area (TPSA) is 66.4 Å². The molecule has 90 valence electrons. The number of carbonyl (C=O) groups excluding carboxylic acids is 1. The summed E-state index contributed by atoms with van der Waals surface area (Å²) in [5.41, 5.74) is 0. The molecule has 1 atom stereocenters. The minimum Gasteiger partial charge on any atom is -0.481 e. The lowest BCUT2D eigenvalue weighted by Crippen LogP contribution is -2.39. The number of rotatable bonds is 6. The first-order chi connectivity index (χ1) is 7.58. The largest absolute Gasteiger partial charge is 0.481 e. The van der Waals surface area contributed by atoms with Gasteiger partial charge in [-0.05, 0) is 44.4 Å². The molecular formula is C12H19NO3. The van der Waals surface area contributed by atoms with Crippen molar-refractivity contribution < 1.29 is 14.7 Å². The minimum absolute atomic E-state index is 0.00773. The van der Waals surface area contributed by atoms with Gasteiger partial charge in [-0.2, -0.15) is 0 Å². The maximum absolute atomic E-state index is 12.0. The van der Waals surface area contributed by atoms with Crippen LogP contribution in [0.15, 0.2) is 0 Å². The molecule has 0 heterocycles. The highest BCUT2D eigenvalue weighted by molar-refractivity contribution is 5.81. The Balaban J connectivity index is 1.83. The molecule has 2 saturated carbocycles. The van der Waals surface area contributed by atoms with Crippen molar-refractivity contribution in [2.24, 2.45) is 17.8 Å². The van der Waals surface area contributed by atoms with Crippen LogP contribution in [0.4, 0.5) is 0 Å². The van der Waals surface area contributed by atoms with Crippen LogP contribution in [0.3, 0.4) is 0 Å². The molecule has 0 aromatic heterocycles. The lowest BCUT2D eigenvalue weighted by molar-refractivity contribution is -0.137. The molecule has 0 saturated heterocycles. The first kappa shape index (κ1) is 11.4. The van der Waals surface area contributed by atoms with Gasteiger partial charge in [-0.1, -0.05) is 0 Å². The Morgan fingerprint density at radius 1 is 1.25 bits per heavy atom. The molecule has 4 nitrogen and oxygen atoms in total. The third-order valence-corrected chi connectivity index (χ3v) is 3.43. The van der Waals surface area contributed by atoms with Gasteiger partial charge < -0.3 is 10.4 Å². The van der Waals surface area contributed by atoms with Crippen molar-refractivity contribution in [3.05, 3.63) is 0 Å². The molecule has 2 aliphatic carbocycles. The molecule has 2 rings (SSSR count). The van der Waals surface area contributed by atoms with Crippen LogP contribution in [-0.4, -0.2) is 23.0 Å². The fourth-order valence-corrected chi connectivity index (χ4v) is 2.38. The highest BCUT2D eigenvalue weighted by Crippen LogP contribution is 2.49. The monoisotopic (exact) mass is 225 g/mol. The van der Waals surface area contributed by atoms with Crippen molar-refractivity contribution in [2.75, 3.05) is 0 Å². The first-order valence-electron chi connectivity index (χ1n) is 6.10. The number of carbonyl (C=O) groups is 2. The summed E-state index contributed by atoms with van der Waals surface area (Å²) in [5, 5.41) is 11.5. The highest BCUT2D eigenvalue weighted by Gasteiger charge is 2.45. The molecule has 16 heavy (non-hydrogen) atoms. The standard InChI is InChI=1S/C12H19NO3/c1-7(6-10(14)15)13-12(16)11(8-2-3-8)9-4-5-9/h7-9,11H,2-6H2,1H3,(H,13,16)(H,14,15). The third kappa shape index (κ3) is 2.97. The second-order valence-electron chi connectivity index (χ2n) is 5.21. The Labute approximate surface area is 95.4 Å². The van der Waals surface area contributed by atoms with Gasteiger partial charge in [0.15, 0.2) is 0 Å². The Morgan fingerprint density at radius 2 is 1.75 bits per heavy atom. The molecular weight excluding hydrogens is 206 g/mol. The summed E-state index contributed by atoms with van der Waals surface area (Å²) < 4.78 is 0. The van der Waals surface area contributed by atoms with E-state index in [-0.39, 0.29) is 24.3 Å². The van der Waals surface area contributed by atoms with Crippen LogP contribution in [-0.2, 0) is 9.59 Å². The summed E-state index contributed by atoms with van der Waals surface area (Å²) in [6.07, 6.45) is 4.68. The molecule has 2 N–H and O–H groups in total. The maximum Gasteiger partial charge on any atom is 0.305 e. The Hall–Kier alpha value is -1.06. The average molecular weight is 225 g/mol. The van der Waals surface area contributed by atoms with Crippen LogP contribution in [0, 0.1) is 17.8 Å². The van der Waals surface area contributed by atoms with Crippen LogP contribution >= 0.6 is 0 Å². The number of nitrogens with one attached hydrogen (secondary N) is 1. The average Bonchev–Trinajstić information content (AvgIpc) is 2.94. The number of hydrogen-bond acceptors (Lipinski definition) is 2.